The molecule has 0 radical (unpaired) electrons. The maximum atomic E-state index is 12.7. The molecule has 154 valence electrons. The van der Waals surface area contributed by atoms with Gasteiger partial charge in [0.05, 0.1) is 5.52 Å². The van der Waals surface area contributed by atoms with E-state index in [4.69, 9.17) is 0 Å². The second-order valence-electron chi connectivity index (χ2n) is 8.17. The summed E-state index contributed by atoms with van der Waals surface area (Å²) in [4.78, 5) is 21.4. The molecule has 0 N–H and O–H groups in total. The van der Waals surface area contributed by atoms with Gasteiger partial charge >= 0.3 is 0 Å². The SMILES string of the molecule is CC.Cc1cn(C2CCN(C(=O)CC3CCN(C)CC3)CC2)c2ccncc12. The number of fused-ring (bicyclic) bond motifs is 1. The predicted octanol–water partition coefficient (Wildman–Crippen LogP) is 4.27. The number of hydrogen-bond acceptors (Lipinski definition) is 3. The average Bonchev–Trinajstić information content (AvgIpc) is 3.08. The number of pyridine rings is 1. The Kier molecular flexibility index (Phi) is 7.11. The smallest absolute Gasteiger partial charge is 0.222 e. The zero-order chi connectivity index (χ0) is 20.1. The Morgan fingerprint density at radius 3 is 2.46 bits per heavy atom. The summed E-state index contributed by atoms with van der Waals surface area (Å²) in [6, 6.07) is 2.60. The van der Waals surface area contributed by atoms with E-state index in [0.29, 0.717) is 17.9 Å². The van der Waals surface area contributed by atoms with Crippen molar-refractivity contribution in [1.82, 2.24) is 19.4 Å². The fraction of sp³-hybridized carbons (Fsp3) is 0.652. The highest BCUT2D eigenvalue weighted by atomic mass is 16.2. The lowest BCUT2D eigenvalue weighted by atomic mass is 9.92. The number of rotatable bonds is 3. The highest BCUT2D eigenvalue weighted by molar-refractivity contribution is 5.82. The molecule has 2 aliphatic heterocycles. The van der Waals surface area contributed by atoms with Crippen LogP contribution in [0.15, 0.2) is 24.7 Å². The van der Waals surface area contributed by atoms with E-state index >= 15 is 0 Å². The number of aryl methyl sites for hydroxylation is 1. The van der Waals surface area contributed by atoms with E-state index in [0.717, 1.165) is 45.4 Å². The molecule has 2 aliphatic rings. The molecule has 5 heteroatoms. The summed E-state index contributed by atoms with van der Waals surface area (Å²) in [6.45, 7) is 10.2. The van der Waals surface area contributed by atoms with Gasteiger partial charge in [0.15, 0.2) is 0 Å². The molecule has 2 saturated heterocycles. The zero-order valence-electron chi connectivity index (χ0n) is 18.0. The third-order valence-electron chi connectivity index (χ3n) is 6.35. The molecule has 0 bridgehead atoms. The van der Waals surface area contributed by atoms with Crippen LogP contribution in [0.5, 0.6) is 0 Å². The summed E-state index contributed by atoms with van der Waals surface area (Å²) >= 11 is 0. The first-order chi connectivity index (χ1) is 13.6. The van der Waals surface area contributed by atoms with Crippen LogP contribution in [0.4, 0.5) is 0 Å². The van der Waals surface area contributed by atoms with E-state index in [1.807, 2.05) is 26.2 Å². The third-order valence-corrected chi connectivity index (χ3v) is 6.35. The van der Waals surface area contributed by atoms with Crippen LogP contribution in [0.2, 0.25) is 0 Å². The summed E-state index contributed by atoms with van der Waals surface area (Å²) in [6.07, 6.45) is 11.3. The standard InChI is InChI=1S/C21H30N4O.C2H6/c1-16-15-25(20-3-8-22-14-19(16)20)18-6-11-24(12-7-18)21(26)13-17-4-9-23(2)10-5-17;1-2/h3,8,14-15,17-18H,4-7,9-13H2,1-2H3;1-2H3. The molecule has 0 aromatic carbocycles. The number of likely N-dealkylation sites (tertiary alicyclic amines) is 2. The molecule has 0 aliphatic carbocycles. The predicted molar refractivity (Wildman–Crippen MR) is 116 cm³/mol. The van der Waals surface area contributed by atoms with Gasteiger partial charge in [0, 0.05) is 49.5 Å². The van der Waals surface area contributed by atoms with Gasteiger partial charge in [-0.25, -0.2) is 0 Å². The second-order valence-corrected chi connectivity index (χ2v) is 8.17. The number of carbonyl (C=O) groups excluding carboxylic acids is 1. The summed E-state index contributed by atoms with van der Waals surface area (Å²) in [7, 11) is 2.17. The quantitative estimate of drug-likeness (QED) is 0.794. The Labute approximate surface area is 169 Å². The normalized spacial score (nSPS) is 19.5. The number of nitrogens with zero attached hydrogens (tertiary/aromatic N) is 4. The summed E-state index contributed by atoms with van der Waals surface area (Å²) < 4.78 is 2.41. The minimum atomic E-state index is 0.371. The van der Waals surface area contributed by atoms with E-state index in [2.05, 4.69) is 45.6 Å². The Morgan fingerprint density at radius 2 is 1.79 bits per heavy atom. The van der Waals surface area contributed by atoms with Crippen molar-refractivity contribution < 1.29 is 4.79 Å². The van der Waals surface area contributed by atoms with Gasteiger partial charge in [-0.1, -0.05) is 13.8 Å². The minimum Gasteiger partial charge on any atom is -0.344 e. The number of amides is 1. The minimum absolute atomic E-state index is 0.371. The van der Waals surface area contributed by atoms with E-state index < -0.39 is 0 Å². The van der Waals surface area contributed by atoms with Crippen LogP contribution in [-0.4, -0.2) is 58.5 Å². The molecule has 2 fully saturated rings. The summed E-state index contributed by atoms with van der Waals surface area (Å²) in [5.74, 6) is 0.954. The summed E-state index contributed by atoms with van der Waals surface area (Å²) in [5, 5.41) is 1.24. The van der Waals surface area contributed by atoms with Crippen molar-refractivity contribution in [2.45, 2.75) is 58.9 Å². The first-order valence-corrected chi connectivity index (χ1v) is 11.0. The Bertz CT molecular complexity index is 768. The second kappa shape index (κ2) is 9.55. The molecule has 4 rings (SSSR count). The Morgan fingerprint density at radius 1 is 1.11 bits per heavy atom. The number of carbonyl (C=O) groups is 1. The molecule has 28 heavy (non-hydrogen) atoms. The van der Waals surface area contributed by atoms with Crippen LogP contribution < -0.4 is 0 Å². The molecular weight excluding hydrogens is 348 g/mol. The van der Waals surface area contributed by atoms with Gasteiger partial charge in [-0.05, 0) is 70.3 Å². The maximum absolute atomic E-state index is 12.7. The summed E-state index contributed by atoms with van der Waals surface area (Å²) in [5.41, 5.74) is 2.56. The molecule has 1 amide bonds. The molecule has 4 heterocycles. The molecule has 2 aromatic heterocycles. The van der Waals surface area contributed by atoms with Crippen LogP contribution in [0.25, 0.3) is 10.9 Å². The first-order valence-electron chi connectivity index (χ1n) is 11.0. The van der Waals surface area contributed by atoms with Gasteiger partial charge in [0.2, 0.25) is 5.91 Å². The van der Waals surface area contributed by atoms with Crippen molar-refractivity contribution in [3.63, 3.8) is 0 Å². The van der Waals surface area contributed by atoms with Crippen LogP contribution in [-0.2, 0) is 4.79 Å². The molecule has 0 spiro atoms. The molecule has 2 aromatic rings. The van der Waals surface area contributed by atoms with E-state index in [1.165, 1.54) is 29.3 Å². The highest BCUT2D eigenvalue weighted by Crippen LogP contribution is 2.30. The van der Waals surface area contributed by atoms with Crippen molar-refractivity contribution in [2.75, 3.05) is 33.2 Å². The van der Waals surface area contributed by atoms with Crippen molar-refractivity contribution in [1.29, 1.82) is 0 Å². The zero-order valence-corrected chi connectivity index (χ0v) is 18.0. The van der Waals surface area contributed by atoms with Crippen LogP contribution >= 0.6 is 0 Å². The average molecular weight is 385 g/mol. The lowest BCUT2D eigenvalue weighted by molar-refractivity contribution is -0.133. The van der Waals surface area contributed by atoms with Gasteiger partial charge in [-0.15, -0.1) is 0 Å². The Hall–Kier alpha value is -1.88. The largest absolute Gasteiger partial charge is 0.344 e. The van der Waals surface area contributed by atoms with Gasteiger partial charge < -0.3 is 14.4 Å². The van der Waals surface area contributed by atoms with Crippen molar-refractivity contribution in [3.8, 4) is 0 Å². The number of aromatic nitrogens is 2. The van der Waals surface area contributed by atoms with Gasteiger partial charge in [0.1, 0.15) is 0 Å². The van der Waals surface area contributed by atoms with Gasteiger partial charge in [-0.2, -0.15) is 0 Å². The third kappa shape index (κ3) is 4.57. The topological polar surface area (TPSA) is 41.4 Å². The van der Waals surface area contributed by atoms with E-state index in [-0.39, 0.29) is 0 Å². The van der Waals surface area contributed by atoms with Crippen LogP contribution in [0.1, 0.15) is 57.6 Å². The lowest BCUT2D eigenvalue weighted by Gasteiger charge is -2.35. The molecule has 0 atom stereocenters. The molecule has 5 nitrogen and oxygen atoms in total. The van der Waals surface area contributed by atoms with Gasteiger partial charge in [0.25, 0.3) is 0 Å². The fourth-order valence-corrected chi connectivity index (χ4v) is 4.60. The number of hydrogen-bond donors (Lipinski definition) is 0. The fourth-order valence-electron chi connectivity index (χ4n) is 4.60. The maximum Gasteiger partial charge on any atom is 0.222 e. The van der Waals surface area contributed by atoms with Gasteiger partial charge in [-0.3, -0.25) is 9.78 Å². The van der Waals surface area contributed by atoms with E-state index in [9.17, 15) is 4.79 Å². The van der Waals surface area contributed by atoms with Crippen molar-refractivity contribution in [2.24, 2.45) is 5.92 Å². The monoisotopic (exact) mass is 384 g/mol. The van der Waals surface area contributed by atoms with Crippen molar-refractivity contribution >= 4 is 16.8 Å². The van der Waals surface area contributed by atoms with Crippen LogP contribution in [0.3, 0.4) is 0 Å². The molecular formula is C23H36N4O. The lowest BCUT2D eigenvalue weighted by Crippen LogP contribution is -2.40. The Balaban J connectivity index is 0.00000109. The van der Waals surface area contributed by atoms with E-state index in [1.54, 1.807) is 0 Å². The first kappa shape index (κ1) is 20.8. The molecule has 0 saturated carbocycles. The van der Waals surface area contributed by atoms with Crippen LogP contribution in [0, 0.1) is 12.8 Å². The number of piperidine rings is 2. The van der Waals surface area contributed by atoms with Crippen molar-refractivity contribution in [3.05, 3.63) is 30.2 Å². The molecule has 0 unspecified atom stereocenters. The highest BCUT2D eigenvalue weighted by Gasteiger charge is 2.27.